The molecule has 0 aromatic heterocycles. The van der Waals surface area contributed by atoms with Gasteiger partial charge in [0.15, 0.2) is 0 Å². The molecule has 1 unspecified atom stereocenters. The molecule has 0 radical (unpaired) electrons. The molecule has 0 fully saturated rings. The summed E-state index contributed by atoms with van der Waals surface area (Å²) in [6.07, 6.45) is -4.43. The summed E-state index contributed by atoms with van der Waals surface area (Å²) in [5.74, 6) is 0.600. The van der Waals surface area contributed by atoms with Crippen molar-refractivity contribution in [3.8, 4) is 5.75 Å². The van der Waals surface area contributed by atoms with Crippen molar-refractivity contribution in [2.24, 2.45) is 5.73 Å². The largest absolute Gasteiger partial charge is 0.494 e. The Kier molecular flexibility index (Phi) is 4.03. The molecule has 0 aliphatic rings. The maximum atomic E-state index is 12.5. The molecule has 0 aliphatic heterocycles. The van der Waals surface area contributed by atoms with Crippen molar-refractivity contribution in [2.75, 3.05) is 6.61 Å². The van der Waals surface area contributed by atoms with Gasteiger partial charge in [-0.3, -0.25) is 0 Å². The van der Waals surface area contributed by atoms with Crippen molar-refractivity contribution < 1.29 is 17.9 Å². The molecule has 0 bridgehead atoms. The van der Waals surface area contributed by atoms with Gasteiger partial charge in [0.05, 0.1) is 6.61 Å². The van der Waals surface area contributed by atoms with Crippen molar-refractivity contribution in [3.05, 3.63) is 28.8 Å². The first kappa shape index (κ1) is 13.8. The number of hydrogen-bond donors (Lipinski definition) is 1. The Hall–Kier alpha value is -1.23. The molecule has 2 nitrogen and oxygen atoms in total. The summed E-state index contributed by atoms with van der Waals surface area (Å²) in [5, 5.41) is 0. The Labute approximate surface area is 98.6 Å². The van der Waals surface area contributed by atoms with Gasteiger partial charge in [-0.1, -0.05) is 6.07 Å². The highest BCUT2D eigenvalue weighted by molar-refractivity contribution is 5.43. The topological polar surface area (TPSA) is 35.2 Å². The smallest absolute Gasteiger partial charge is 0.407 e. The Morgan fingerprint density at radius 3 is 2.29 bits per heavy atom. The summed E-state index contributed by atoms with van der Waals surface area (Å²) in [4.78, 5) is 0. The molecule has 1 atom stereocenters. The summed E-state index contributed by atoms with van der Waals surface area (Å²) >= 11 is 0. The minimum absolute atomic E-state index is 0.0958. The number of hydrogen-bond acceptors (Lipinski definition) is 2. The molecule has 0 aliphatic carbocycles. The minimum Gasteiger partial charge on any atom is -0.494 e. The number of ether oxygens (including phenoxy) is 1. The fourth-order valence-corrected chi connectivity index (χ4v) is 1.63. The molecule has 2 N–H and O–H groups in total. The van der Waals surface area contributed by atoms with E-state index in [-0.39, 0.29) is 5.56 Å². The van der Waals surface area contributed by atoms with Crippen molar-refractivity contribution in [1.29, 1.82) is 0 Å². The second-order valence-corrected chi connectivity index (χ2v) is 3.93. The van der Waals surface area contributed by atoms with E-state index in [2.05, 4.69) is 0 Å². The molecule has 0 saturated carbocycles. The average molecular weight is 247 g/mol. The molecule has 17 heavy (non-hydrogen) atoms. The maximum Gasteiger partial charge on any atom is 0.407 e. The second-order valence-electron chi connectivity index (χ2n) is 3.93. The van der Waals surface area contributed by atoms with Gasteiger partial charge in [-0.25, -0.2) is 0 Å². The van der Waals surface area contributed by atoms with E-state index >= 15 is 0 Å². The van der Waals surface area contributed by atoms with Crippen LogP contribution in [0.1, 0.15) is 29.7 Å². The molecule has 0 amide bonds. The zero-order chi connectivity index (χ0) is 13.2. The number of nitrogens with two attached hydrogens (primary N) is 1. The standard InChI is InChI=1S/C12H16F3NO/c1-4-17-10-6-7(2)9(5-8(10)3)11(16)12(13,14)15/h5-6,11H,4,16H2,1-3H3. The Morgan fingerprint density at radius 1 is 1.24 bits per heavy atom. The lowest BCUT2D eigenvalue weighted by atomic mass is 9.98. The Bertz CT molecular complexity index is 401. The second kappa shape index (κ2) is 4.96. The van der Waals surface area contributed by atoms with Crippen molar-refractivity contribution in [2.45, 2.75) is 33.0 Å². The first-order valence-electron chi connectivity index (χ1n) is 5.33. The first-order chi connectivity index (χ1) is 7.77. The molecule has 0 heterocycles. The molecule has 1 rings (SSSR count). The summed E-state index contributed by atoms with van der Waals surface area (Å²) in [6.45, 7) is 5.61. The van der Waals surface area contributed by atoms with Crippen molar-refractivity contribution in [3.63, 3.8) is 0 Å². The normalized spacial score (nSPS) is 13.6. The number of halogens is 3. The zero-order valence-corrected chi connectivity index (χ0v) is 10.1. The molecule has 1 aromatic rings. The van der Waals surface area contributed by atoms with Gasteiger partial charge in [-0.15, -0.1) is 0 Å². The van der Waals surface area contributed by atoms with Crippen LogP contribution in [0.2, 0.25) is 0 Å². The van der Waals surface area contributed by atoms with E-state index in [1.165, 1.54) is 6.07 Å². The highest BCUT2D eigenvalue weighted by atomic mass is 19.4. The van der Waals surface area contributed by atoms with Crippen LogP contribution in [0, 0.1) is 13.8 Å². The minimum atomic E-state index is -4.43. The van der Waals surface area contributed by atoms with Crippen LogP contribution in [-0.2, 0) is 0 Å². The van der Waals surface area contributed by atoms with E-state index in [1.807, 2.05) is 6.92 Å². The lowest BCUT2D eigenvalue weighted by Crippen LogP contribution is -2.29. The van der Waals surface area contributed by atoms with Gasteiger partial charge >= 0.3 is 6.18 Å². The average Bonchev–Trinajstić information content (AvgIpc) is 2.21. The molecular weight excluding hydrogens is 231 g/mol. The van der Waals surface area contributed by atoms with E-state index in [9.17, 15) is 13.2 Å². The van der Waals surface area contributed by atoms with Crippen LogP contribution in [0.5, 0.6) is 5.75 Å². The number of rotatable bonds is 3. The SMILES string of the molecule is CCOc1cc(C)c(C(N)C(F)(F)F)cc1C. The van der Waals surface area contributed by atoms with Gasteiger partial charge in [-0.2, -0.15) is 13.2 Å². The van der Waals surface area contributed by atoms with E-state index in [0.29, 0.717) is 23.5 Å². The van der Waals surface area contributed by atoms with Gasteiger partial charge in [0.2, 0.25) is 0 Å². The highest BCUT2D eigenvalue weighted by Crippen LogP contribution is 2.34. The van der Waals surface area contributed by atoms with Gasteiger partial charge in [0, 0.05) is 0 Å². The first-order valence-corrected chi connectivity index (χ1v) is 5.33. The number of aryl methyl sites for hydroxylation is 2. The van der Waals surface area contributed by atoms with E-state index in [0.717, 1.165) is 0 Å². The third-order valence-electron chi connectivity index (χ3n) is 2.55. The van der Waals surface area contributed by atoms with Crippen LogP contribution in [0.25, 0.3) is 0 Å². The van der Waals surface area contributed by atoms with Gasteiger partial charge in [0.25, 0.3) is 0 Å². The summed E-state index contributed by atoms with van der Waals surface area (Å²) in [6, 6.07) is 1.09. The molecule has 5 heteroatoms. The summed E-state index contributed by atoms with van der Waals surface area (Å²) in [7, 11) is 0. The summed E-state index contributed by atoms with van der Waals surface area (Å²) in [5.41, 5.74) is 6.44. The predicted octanol–water partition coefficient (Wildman–Crippen LogP) is 3.26. The molecular formula is C12H16F3NO. The number of benzene rings is 1. The number of alkyl halides is 3. The zero-order valence-electron chi connectivity index (χ0n) is 10.1. The summed E-state index contributed by atoms with van der Waals surface area (Å²) < 4.78 is 42.9. The fourth-order valence-electron chi connectivity index (χ4n) is 1.63. The van der Waals surface area contributed by atoms with Crippen LogP contribution in [0.4, 0.5) is 13.2 Å². The third-order valence-corrected chi connectivity index (χ3v) is 2.55. The molecule has 1 aromatic carbocycles. The van der Waals surface area contributed by atoms with Crippen LogP contribution in [-0.4, -0.2) is 12.8 Å². The van der Waals surface area contributed by atoms with E-state index in [4.69, 9.17) is 10.5 Å². The molecule has 96 valence electrons. The van der Waals surface area contributed by atoms with E-state index in [1.54, 1.807) is 19.9 Å². The van der Waals surface area contributed by atoms with Crippen LogP contribution < -0.4 is 10.5 Å². The third kappa shape index (κ3) is 3.12. The highest BCUT2D eigenvalue weighted by Gasteiger charge is 2.38. The monoisotopic (exact) mass is 247 g/mol. The van der Waals surface area contributed by atoms with Gasteiger partial charge in [-0.05, 0) is 43.5 Å². The molecule has 0 spiro atoms. The lowest BCUT2D eigenvalue weighted by molar-refractivity contribution is -0.149. The Balaban J connectivity index is 3.15. The van der Waals surface area contributed by atoms with Crippen LogP contribution in [0.15, 0.2) is 12.1 Å². The maximum absolute atomic E-state index is 12.5. The Morgan fingerprint density at radius 2 is 1.82 bits per heavy atom. The van der Waals surface area contributed by atoms with Crippen LogP contribution in [0.3, 0.4) is 0 Å². The molecule has 0 saturated heterocycles. The van der Waals surface area contributed by atoms with E-state index < -0.39 is 12.2 Å². The predicted molar refractivity (Wildman–Crippen MR) is 60.1 cm³/mol. The lowest BCUT2D eigenvalue weighted by Gasteiger charge is -2.20. The van der Waals surface area contributed by atoms with Crippen molar-refractivity contribution >= 4 is 0 Å². The van der Waals surface area contributed by atoms with Crippen LogP contribution >= 0.6 is 0 Å². The fraction of sp³-hybridized carbons (Fsp3) is 0.500. The van der Waals surface area contributed by atoms with Crippen molar-refractivity contribution in [1.82, 2.24) is 0 Å². The van der Waals surface area contributed by atoms with Gasteiger partial charge < -0.3 is 10.5 Å². The van der Waals surface area contributed by atoms with Gasteiger partial charge in [0.1, 0.15) is 11.8 Å². The quantitative estimate of drug-likeness (QED) is 0.889.